The zero-order valence-corrected chi connectivity index (χ0v) is 11.2. The van der Waals surface area contributed by atoms with Gasteiger partial charge < -0.3 is 5.32 Å². The van der Waals surface area contributed by atoms with Crippen molar-refractivity contribution in [1.29, 1.82) is 0 Å². The Morgan fingerprint density at radius 1 is 0.938 bits per heavy atom. The lowest BCUT2D eigenvalue weighted by Crippen LogP contribution is -2.13. The number of anilines is 1. The molecule has 1 saturated carbocycles. The molecule has 1 aromatic rings. The van der Waals surface area contributed by atoms with Crippen LogP contribution >= 0.6 is 23.2 Å². The van der Waals surface area contributed by atoms with Crippen LogP contribution in [0.3, 0.4) is 0 Å². The minimum absolute atomic E-state index is 0.110. The van der Waals surface area contributed by atoms with E-state index in [2.05, 4.69) is 48.0 Å². The quantitative estimate of drug-likeness (QED) is 0.889. The zero-order valence-electron chi connectivity index (χ0n) is 9.67. The third kappa shape index (κ3) is 1.74. The van der Waals surface area contributed by atoms with Gasteiger partial charge in [-0.3, -0.25) is 0 Å². The first-order chi connectivity index (χ1) is 7.25. The van der Waals surface area contributed by atoms with E-state index in [0.717, 1.165) is 0 Å². The molecule has 0 spiro atoms. The van der Waals surface area contributed by atoms with Crippen molar-refractivity contribution in [1.82, 2.24) is 15.0 Å². The molecular weight excluding hydrogens is 247 g/mol. The fourth-order valence-corrected chi connectivity index (χ4v) is 2.44. The SMILES string of the molecule is CC1(C)C(Nc2nc(Cl)nc(Cl)n2)C1(C)C. The summed E-state index contributed by atoms with van der Waals surface area (Å²) in [5.41, 5.74) is 0.414. The van der Waals surface area contributed by atoms with E-state index in [-0.39, 0.29) is 21.4 Å². The van der Waals surface area contributed by atoms with Crippen LogP contribution < -0.4 is 5.32 Å². The van der Waals surface area contributed by atoms with E-state index in [9.17, 15) is 0 Å². The van der Waals surface area contributed by atoms with Gasteiger partial charge in [-0.05, 0) is 34.0 Å². The lowest BCUT2D eigenvalue weighted by molar-refractivity contribution is 0.457. The first-order valence-corrected chi connectivity index (χ1v) is 5.84. The van der Waals surface area contributed by atoms with Gasteiger partial charge in [-0.1, -0.05) is 27.7 Å². The van der Waals surface area contributed by atoms with Gasteiger partial charge in [0.25, 0.3) is 0 Å². The molecule has 1 aliphatic carbocycles. The molecule has 1 aliphatic rings. The summed E-state index contributed by atoms with van der Waals surface area (Å²) in [6, 6.07) is 0.314. The van der Waals surface area contributed by atoms with Crippen molar-refractivity contribution in [3.05, 3.63) is 10.6 Å². The van der Waals surface area contributed by atoms with Gasteiger partial charge in [-0.15, -0.1) is 0 Å². The molecule has 4 nitrogen and oxygen atoms in total. The van der Waals surface area contributed by atoms with Crippen LogP contribution in [0.2, 0.25) is 10.6 Å². The van der Waals surface area contributed by atoms with Crippen LogP contribution in [0.25, 0.3) is 0 Å². The second kappa shape index (κ2) is 3.44. The van der Waals surface area contributed by atoms with Crippen LogP contribution in [-0.4, -0.2) is 21.0 Å². The highest BCUT2D eigenvalue weighted by molar-refractivity contribution is 6.31. The minimum atomic E-state index is 0.110. The summed E-state index contributed by atoms with van der Waals surface area (Å²) in [4.78, 5) is 11.7. The van der Waals surface area contributed by atoms with Crippen molar-refractivity contribution in [2.45, 2.75) is 33.7 Å². The number of nitrogens with zero attached hydrogens (tertiary/aromatic N) is 3. The van der Waals surface area contributed by atoms with Gasteiger partial charge in [-0.2, -0.15) is 15.0 Å². The van der Waals surface area contributed by atoms with Gasteiger partial charge in [0.1, 0.15) is 0 Å². The maximum Gasteiger partial charge on any atom is 0.228 e. The van der Waals surface area contributed by atoms with Crippen LogP contribution in [0, 0.1) is 10.8 Å². The molecule has 0 aromatic carbocycles. The molecule has 16 heavy (non-hydrogen) atoms. The van der Waals surface area contributed by atoms with Crippen LogP contribution in [0.4, 0.5) is 5.95 Å². The van der Waals surface area contributed by atoms with Crippen molar-refractivity contribution in [2.75, 3.05) is 5.32 Å². The number of aromatic nitrogens is 3. The molecule has 0 saturated heterocycles. The van der Waals surface area contributed by atoms with Gasteiger partial charge in [0.2, 0.25) is 16.5 Å². The van der Waals surface area contributed by atoms with Crippen LogP contribution in [0.15, 0.2) is 0 Å². The Morgan fingerprint density at radius 3 is 1.75 bits per heavy atom. The van der Waals surface area contributed by atoms with Gasteiger partial charge in [-0.25, -0.2) is 0 Å². The molecule has 0 amide bonds. The lowest BCUT2D eigenvalue weighted by atomic mass is 10.0. The highest BCUT2D eigenvalue weighted by Gasteiger charge is 2.65. The summed E-state index contributed by atoms with van der Waals surface area (Å²) < 4.78 is 0. The average Bonchev–Trinajstić information content (AvgIpc) is 2.46. The van der Waals surface area contributed by atoms with E-state index in [1.807, 2.05) is 0 Å². The smallest absolute Gasteiger partial charge is 0.228 e. The van der Waals surface area contributed by atoms with Gasteiger partial charge in [0.15, 0.2) is 0 Å². The zero-order chi connectivity index (χ0) is 12.1. The third-order valence-corrected chi connectivity index (χ3v) is 4.21. The summed E-state index contributed by atoms with van der Waals surface area (Å²) in [5.74, 6) is 0.439. The maximum atomic E-state index is 5.71. The minimum Gasteiger partial charge on any atom is -0.350 e. The summed E-state index contributed by atoms with van der Waals surface area (Å²) in [6.07, 6.45) is 0. The molecule has 0 atom stereocenters. The van der Waals surface area contributed by atoms with E-state index >= 15 is 0 Å². The normalized spacial score (nSPS) is 21.9. The summed E-state index contributed by atoms with van der Waals surface area (Å²) in [7, 11) is 0. The monoisotopic (exact) mass is 260 g/mol. The van der Waals surface area contributed by atoms with Crippen molar-refractivity contribution in [3.8, 4) is 0 Å². The number of hydrogen-bond acceptors (Lipinski definition) is 4. The number of rotatable bonds is 2. The van der Waals surface area contributed by atoms with Crippen LogP contribution in [-0.2, 0) is 0 Å². The van der Waals surface area contributed by atoms with Gasteiger partial charge >= 0.3 is 0 Å². The van der Waals surface area contributed by atoms with E-state index in [1.54, 1.807) is 0 Å². The summed E-state index contributed by atoms with van der Waals surface area (Å²) >= 11 is 11.4. The number of nitrogens with one attached hydrogen (secondary N) is 1. The Morgan fingerprint density at radius 2 is 1.38 bits per heavy atom. The molecule has 1 heterocycles. The molecule has 0 unspecified atom stereocenters. The van der Waals surface area contributed by atoms with Gasteiger partial charge in [0, 0.05) is 6.04 Å². The Labute approximate surface area is 105 Å². The van der Waals surface area contributed by atoms with Crippen molar-refractivity contribution < 1.29 is 0 Å². The molecule has 0 aliphatic heterocycles. The second-order valence-electron chi connectivity index (χ2n) is 5.22. The lowest BCUT2D eigenvalue weighted by Gasteiger charge is -2.06. The molecule has 2 rings (SSSR count). The predicted molar refractivity (Wildman–Crippen MR) is 64.8 cm³/mol. The molecule has 1 N–H and O–H groups in total. The second-order valence-corrected chi connectivity index (χ2v) is 5.89. The molecule has 0 radical (unpaired) electrons. The molecule has 0 bridgehead atoms. The van der Waals surface area contributed by atoms with Crippen LogP contribution in [0.5, 0.6) is 0 Å². The molecule has 88 valence electrons. The number of halogens is 2. The Hall–Kier alpha value is -0.610. The first-order valence-electron chi connectivity index (χ1n) is 5.09. The average molecular weight is 261 g/mol. The van der Waals surface area contributed by atoms with Gasteiger partial charge in [0.05, 0.1) is 0 Å². The topological polar surface area (TPSA) is 50.7 Å². The Balaban J connectivity index is 2.18. The Kier molecular flexibility index (Phi) is 2.55. The fourth-order valence-electron chi connectivity index (χ4n) is 2.08. The van der Waals surface area contributed by atoms with Crippen molar-refractivity contribution in [3.63, 3.8) is 0 Å². The Bertz CT molecular complexity index is 397. The highest BCUT2D eigenvalue weighted by atomic mass is 35.5. The van der Waals surface area contributed by atoms with Crippen LogP contribution in [0.1, 0.15) is 27.7 Å². The van der Waals surface area contributed by atoms with E-state index in [1.165, 1.54) is 0 Å². The standard InChI is InChI=1S/C10H14Cl2N4/c1-9(2)5(10(9,3)4)13-8-15-6(11)14-7(12)16-8/h5H,1-4H3,(H,13,14,15,16). The van der Waals surface area contributed by atoms with E-state index in [4.69, 9.17) is 23.2 Å². The van der Waals surface area contributed by atoms with Crippen molar-refractivity contribution in [2.24, 2.45) is 10.8 Å². The predicted octanol–water partition coefficient (Wildman–Crippen LogP) is 3.02. The molecular formula is C10H14Cl2N4. The summed E-state index contributed by atoms with van der Waals surface area (Å²) in [5, 5.41) is 3.47. The summed E-state index contributed by atoms with van der Waals surface area (Å²) in [6.45, 7) is 8.81. The fraction of sp³-hybridized carbons (Fsp3) is 0.700. The molecule has 1 fully saturated rings. The maximum absolute atomic E-state index is 5.71. The van der Waals surface area contributed by atoms with E-state index in [0.29, 0.717) is 12.0 Å². The highest BCUT2D eigenvalue weighted by Crippen LogP contribution is 2.63. The van der Waals surface area contributed by atoms with Crippen molar-refractivity contribution >= 4 is 29.2 Å². The number of hydrogen-bond donors (Lipinski definition) is 1. The molecule has 6 heteroatoms. The largest absolute Gasteiger partial charge is 0.350 e. The van der Waals surface area contributed by atoms with E-state index < -0.39 is 0 Å². The first kappa shape index (κ1) is 11.9. The molecule has 1 aromatic heterocycles. The third-order valence-electron chi connectivity index (χ3n) is 3.87.